The van der Waals surface area contributed by atoms with Crippen LogP contribution in [0.3, 0.4) is 0 Å². The fraction of sp³-hybridized carbons (Fsp3) is 0.765. The molecule has 2 atom stereocenters. The Balaban J connectivity index is 4.22. The molecule has 24 heavy (non-hydrogen) atoms. The first-order valence-electron chi connectivity index (χ1n) is 8.54. The highest BCUT2D eigenvalue weighted by atomic mass is 31.2. The fourth-order valence-corrected chi connectivity index (χ4v) is 5.32. The standard InChI is InChI=1S/C17H32O5P2/c1-5-22-14-23(18)17(24(19,20)21)13-8-6-7-11-16(4)12-9-10-15(2)3/h10-11,17H,5-9,12-14H2,1-4H3,(H-,19,20,21)/p+1. The Labute approximate surface area is 147 Å². The Morgan fingerprint density at radius 1 is 1.17 bits per heavy atom. The zero-order valence-electron chi connectivity index (χ0n) is 15.4. The molecule has 0 aliphatic carbocycles. The van der Waals surface area contributed by atoms with Crippen LogP contribution in [0.15, 0.2) is 23.3 Å². The van der Waals surface area contributed by atoms with Crippen LogP contribution in [0.2, 0.25) is 0 Å². The van der Waals surface area contributed by atoms with Gasteiger partial charge in [-0.15, -0.1) is 0 Å². The molecule has 0 rings (SSSR count). The third-order valence-corrected chi connectivity index (χ3v) is 7.71. The average molecular weight is 379 g/mol. The van der Waals surface area contributed by atoms with Crippen LogP contribution in [-0.2, 0) is 13.9 Å². The van der Waals surface area contributed by atoms with Crippen molar-refractivity contribution in [3.63, 3.8) is 0 Å². The lowest BCUT2D eigenvalue weighted by molar-refractivity contribution is 0.193. The molecule has 140 valence electrons. The lowest BCUT2D eigenvalue weighted by Gasteiger charge is -2.09. The molecule has 7 heteroatoms. The summed E-state index contributed by atoms with van der Waals surface area (Å²) in [5, 5.41) is -1.08. The van der Waals surface area contributed by atoms with E-state index in [2.05, 4.69) is 32.9 Å². The third-order valence-electron chi connectivity index (χ3n) is 3.64. The van der Waals surface area contributed by atoms with E-state index in [1.165, 1.54) is 11.1 Å². The second-order valence-electron chi connectivity index (χ2n) is 6.26. The van der Waals surface area contributed by atoms with E-state index < -0.39 is 20.8 Å². The predicted molar refractivity (Wildman–Crippen MR) is 101 cm³/mol. The monoisotopic (exact) mass is 379 g/mol. The second kappa shape index (κ2) is 13.0. The molecule has 0 aliphatic rings. The van der Waals surface area contributed by atoms with Gasteiger partial charge in [-0.05, 0) is 59.8 Å². The molecule has 0 spiro atoms. The molecule has 2 N–H and O–H groups in total. The van der Waals surface area contributed by atoms with Gasteiger partial charge in [0.15, 0.2) is 0 Å². The number of allylic oxidation sites excluding steroid dienone is 4. The Bertz CT molecular complexity index is 475. The maximum absolute atomic E-state index is 12.0. The maximum Gasteiger partial charge on any atom is 0.382 e. The fourth-order valence-electron chi connectivity index (χ4n) is 2.26. The number of hydrogen-bond acceptors (Lipinski definition) is 3. The summed E-state index contributed by atoms with van der Waals surface area (Å²) in [6.45, 7) is 8.45. The van der Waals surface area contributed by atoms with Crippen LogP contribution in [-0.4, -0.2) is 28.1 Å². The third kappa shape index (κ3) is 12.1. The molecule has 0 heterocycles. The highest BCUT2D eigenvalue weighted by molar-refractivity contribution is 7.67. The van der Waals surface area contributed by atoms with E-state index in [0.717, 1.165) is 25.7 Å². The average Bonchev–Trinajstić information content (AvgIpc) is 2.46. The van der Waals surface area contributed by atoms with Gasteiger partial charge in [-0.1, -0.05) is 27.9 Å². The molecule has 0 bridgehead atoms. The molecule has 0 fully saturated rings. The minimum atomic E-state index is -4.35. The van der Waals surface area contributed by atoms with E-state index in [1.54, 1.807) is 6.92 Å². The van der Waals surface area contributed by atoms with Crippen LogP contribution < -0.4 is 0 Å². The topological polar surface area (TPSA) is 83.8 Å². The van der Waals surface area contributed by atoms with Crippen molar-refractivity contribution in [2.45, 2.75) is 71.6 Å². The minimum Gasteiger partial charge on any atom is -0.338 e. The van der Waals surface area contributed by atoms with Crippen LogP contribution in [0.5, 0.6) is 0 Å². The molecule has 5 nitrogen and oxygen atoms in total. The highest BCUT2D eigenvalue weighted by Crippen LogP contribution is 2.55. The van der Waals surface area contributed by atoms with Gasteiger partial charge in [-0.2, -0.15) is 0 Å². The summed E-state index contributed by atoms with van der Waals surface area (Å²) < 4.78 is 28.6. The summed E-state index contributed by atoms with van der Waals surface area (Å²) in [6, 6.07) is 0. The normalized spacial score (nSPS) is 14.4. The first-order valence-corrected chi connectivity index (χ1v) is 11.7. The van der Waals surface area contributed by atoms with Crippen LogP contribution in [0.1, 0.15) is 66.2 Å². The van der Waals surface area contributed by atoms with E-state index in [0.29, 0.717) is 13.0 Å². The lowest BCUT2D eigenvalue weighted by atomic mass is 10.1. The summed E-state index contributed by atoms with van der Waals surface area (Å²) in [7, 11) is -6.39. The number of hydrogen-bond donors (Lipinski definition) is 2. The zero-order valence-corrected chi connectivity index (χ0v) is 17.2. The molecule has 2 unspecified atom stereocenters. The van der Waals surface area contributed by atoms with Gasteiger partial charge < -0.3 is 14.5 Å². The Morgan fingerprint density at radius 2 is 1.83 bits per heavy atom. The van der Waals surface area contributed by atoms with Crippen molar-refractivity contribution < 1.29 is 23.7 Å². The van der Waals surface area contributed by atoms with Gasteiger partial charge in [-0.3, -0.25) is 4.57 Å². The van der Waals surface area contributed by atoms with Gasteiger partial charge in [0.2, 0.25) is 6.35 Å². The first-order chi connectivity index (χ1) is 11.2. The Kier molecular flexibility index (Phi) is 12.8. The molecule has 0 saturated carbocycles. The number of ether oxygens (including phenoxy) is 1. The van der Waals surface area contributed by atoms with Crippen molar-refractivity contribution in [3.8, 4) is 0 Å². The molecule has 0 aromatic heterocycles. The van der Waals surface area contributed by atoms with Crippen molar-refractivity contribution in [1.82, 2.24) is 0 Å². The van der Waals surface area contributed by atoms with Gasteiger partial charge in [0, 0.05) is 13.0 Å². The summed E-state index contributed by atoms with van der Waals surface area (Å²) >= 11 is 0. The van der Waals surface area contributed by atoms with Crippen molar-refractivity contribution in [3.05, 3.63) is 23.3 Å². The predicted octanol–water partition coefficient (Wildman–Crippen LogP) is 5.56. The highest BCUT2D eigenvalue weighted by Gasteiger charge is 2.44. The largest absolute Gasteiger partial charge is 0.382 e. The molecule has 0 saturated heterocycles. The van der Waals surface area contributed by atoms with Gasteiger partial charge in [0.1, 0.15) is 0 Å². The Hall–Kier alpha value is -0.310. The van der Waals surface area contributed by atoms with Crippen molar-refractivity contribution >= 4 is 15.4 Å². The molecule has 0 aliphatic heterocycles. The molecule has 0 amide bonds. The minimum absolute atomic E-state index is 0.0784. The van der Waals surface area contributed by atoms with Crippen LogP contribution in [0, 0.1) is 0 Å². The lowest BCUT2D eigenvalue weighted by Crippen LogP contribution is -2.06. The van der Waals surface area contributed by atoms with E-state index in [1.807, 2.05) is 0 Å². The Morgan fingerprint density at radius 3 is 2.38 bits per heavy atom. The summed E-state index contributed by atoms with van der Waals surface area (Å²) in [5.74, 6) is 0. The molecule has 0 radical (unpaired) electrons. The molecular formula is C17H33O5P2+. The van der Waals surface area contributed by atoms with Gasteiger partial charge >= 0.3 is 15.4 Å². The summed E-state index contributed by atoms with van der Waals surface area (Å²) in [6.07, 6.45) is 9.07. The van der Waals surface area contributed by atoms with Crippen molar-refractivity contribution in [1.29, 1.82) is 0 Å². The summed E-state index contributed by atoms with van der Waals surface area (Å²) in [5.41, 5.74) is 2.66. The SMILES string of the molecule is CCOC[P+](=O)C(CCCCC=C(C)CCC=C(C)C)P(=O)(O)O. The summed E-state index contributed by atoms with van der Waals surface area (Å²) in [4.78, 5) is 18.8. The van der Waals surface area contributed by atoms with Crippen molar-refractivity contribution in [2.75, 3.05) is 13.0 Å². The number of rotatable bonds is 13. The second-order valence-corrected chi connectivity index (χ2v) is 10.2. The van der Waals surface area contributed by atoms with Crippen LogP contribution in [0.4, 0.5) is 0 Å². The van der Waals surface area contributed by atoms with Gasteiger partial charge in [0.25, 0.3) is 5.40 Å². The number of unbranched alkanes of at least 4 members (excludes halogenated alkanes) is 2. The van der Waals surface area contributed by atoms with E-state index in [-0.39, 0.29) is 12.8 Å². The maximum atomic E-state index is 12.0. The van der Waals surface area contributed by atoms with E-state index >= 15 is 0 Å². The molecule has 0 aromatic carbocycles. The molecule has 0 aromatic rings. The van der Waals surface area contributed by atoms with Crippen molar-refractivity contribution in [2.24, 2.45) is 0 Å². The van der Waals surface area contributed by atoms with Gasteiger partial charge in [-0.25, -0.2) is 0 Å². The quantitative estimate of drug-likeness (QED) is 0.248. The van der Waals surface area contributed by atoms with Crippen LogP contribution >= 0.6 is 15.4 Å². The molecular weight excluding hydrogens is 346 g/mol. The van der Waals surface area contributed by atoms with Crippen LogP contribution in [0.25, 0.3) is 0 Å². The zero-order chi connectivity index (χ0) is 18.6. The first kappa shape index (κ1) is 23.7. The smallest absolute Gasteiger partial charge is 0.338 e. The van der Waals surface area contributed by atoms with E-state index in [9.17, 15) is 18.9 Å². The van der Waals surface area contributed by atoms with Gasteiger partial charge in [0.05, 0.1) is 0 Å². The van der Waals surface area contributed by atoms with E-state index in [4.69, 9.17) is 4.74 Å².